The number of hydrogen-bond acceptors (Lipinski definition) is 3. The standard InChI is InChI=1S/C38H25N5.Zn/c39-38-33-22-20-31(42-33)36(25-12-6-2-7-13-25)29-18-16-27(40-29)35(24-10-4-1-5-11-24)28-17-19-30(41-28)37(26-14-8-3-9-15-26)32-21-23-34(38)43-32;/h1-23H,39H2;/q-2;+2. The van der Waals surface area contributed by atoms with Crippen molar-refractivity contribution < 1.29 is 19.5 Å². The minimum atomic E-state index is 0. The molecular formula is C38H25N5Zn. The maximum Gasteiger partial charge on any atom is 2.00 e. The van der Waals surface area contributed by atoms with Gasteiger partial charge in [-0.15, -0.1) is 22.1 Å². The fourth-order valence-corrected chi connectivity index (χ4v) is 5.81. The van der Waals surface area contributed by atoms with Gasteiger partial charge in [0.05, 0.1) is 22.8 Å². The van der Waals surface area contributed by atoms with E-state index in [1.807, 2.05) is 78.9 Å². The van der Waals surface area contributed by atoms with Gasteiger partial charge in [-0.25, -0.2) is 9.97 Å². The van der Waals surface area contributed by atoms with Crippen molar-refractivity contribution in [3.63, 3.8) is 0 Å². The Morgan fingerprint density at radius 3 is 1.11 bits per heavy atom. The number of anilines is 1. The van der Waals surface area contributed by atoms with Crippen LogP contribution in [-0.4, -0.2) is 9.97 Å². The van der Waals surface area contributed by atoms with Crippen molar-refractivity contribution in [1.82, 2.24) is 19.9 Å². The summed E-state index contributed by atoms with van der Waals surface area (Å²) < 4.78 is 0. The third-order valence-corrected chi connectivity index (χ3v) is 7.84. The average Bonchev–Trinajstić information content (AvgIpc) is 3.88. The van der Waals surface area contributed by atoms with Crippen molar-refractivity contribution in [1.29, 1.82) is 0 Å². The second-order valence-electron chi connectivity index (χ2n) is 10.5. The summed E-state index contributed by atoms with van der Waals surface area (Å²) in [5.74, 6) is 0. The molecule has 3 aromatic carbocycles. The monoisotopic (exact) mass is 615 g/mol. The van der Waals surface area contributed by atoms with Crippen LogP contribution in [0, 0.1) is 0 Å². The number of hydrogen-bond donors (Lipinski definition) is 1. The third-order valence-electron chi connectivity index (χ3n) is 7.84. The fraction of sp³-hybridized carbons (Fsp3) is 0. The smallest absolute Gasteiger partial charge is 0.657 e. The van der Waals surface area contributed by atoms with Crippen LogP contribution in [0.2, 0.25) is 0 Å². The molecule has 204 valence electrons. The summed E-state index contributed by atoms with van der Waals surface area (Å²) in [4.78, 5) is 20.5. The maximum absolute atomic E-state index is 6.71. The van der Waals surface area contributed by atoms with Crippen molar-refractivity contribution >= 4 is 52.1 Å². The number of nitrogen functional groups attached to an aromatic ring is 1. The molecule has 2 aliphatic heterocycles. The van der Waals surface area contributed by atoms with Crippen molar-refractivity contribution in [2.24, 2.45) is 0 Å². The SMILES string of the molecule is Nc1c2nc(c(-c3ccccc3)c3ccc([n-]3)c(-c3ccccc3)c3nc(c(-c4ccccc4)c4ccc1[n-]4)C=C3)C=C2.[Zn+2]. The first kappa shape index (κ1) is 27.5. The molecule has 0 aliphatic carbocycles. The van der Waals surface area contributed by atoms with E-state index in [-0.39, 0.29) is 19.5 Å². The van der Waals surface area contributed by atoms with Gasteiger partial charge in [0.1, 0.15) is 0 Å². The molecule has 6 aromatic rings. The van der Waals surface area contributed by atoms with E-state index in [4.69, 9.17) is 25.7 Å². The molecule has 0 fully saturated rings. The van der Waals surface area contributed by atoms with Crippen LogP contribution < -0.4 is 15.7 Å². The first-order chi connectivity index (χ1) is 21.2. The molecule has 8 bridgehead atoms. The maximum atomic E-state index is 6.71. The second-order valence-corrected chi connectivity index (χ2v) is 10.5. The number of nitrogens with zero attached hydrogens (tertiary/aromatic N) is 4. The van der Waals surface area contributed by atoms with Crippen LogP contribution >= 0.6 is 0 Å². The average molecular weight is 617 g/mol. The van der Waals surface area contributed by atoms with E-state index in [9.17, 15) is 0 Å². The van der Waals surface area contributed by atoms with Gasteiger partial charge in [-0.1, -0.05) is 115 Å². The van der Waals surface area contributed by atoms with Gasteiger partial charge in [-0.2, -0.15) is 0 Å². The number of benzene rings is 3. The molecule has 0 radical (unpaired) electrons. The molecule has 5 heterocycles. The first-order valence-corrected chi connectivity index (χ1v) is 14.2. The molecule has 0 saturated heterocycles. The number of rotatable bonds is 3. The van der Waals surface area contributed by atoms with Gasteiger partial charge < -0.3 is 15.7 Å². The Balaban J connectivity index is 0.00000312. The Hall–Kier alpha value is -5.32. The van der Waals surface area contributed by atoms with E-state index in [2.05, 4.69) is 60.7 Å². The van der Waals surface area contributed by atoms with Crippen LogP contribution in [0.5, 0.6) is 0 Å². The molecule has 0 atom stereocenters. The molecule has 6 heteroatoms. The molecule has 2 aliphatic rings. The Morgan fingerprint density at radius 1 is 0.386 bits per heavy atom. The Labute approximate surface area is 267 Å². The normalized spacial score (nSPS) is 11.8. The van der Waals surface area contributed by atoms with E-state index in [0.29, 0.717) is 16.9 Å². The molecule has 8 rings (SSSR count). The largest absolute Gasteiger partial charge is 2.00 e. The Kier molecular flexibility index (Phi) is 7.13. The molecular weight excluding hydrogens is 592 g/mol. The quantitative estimate of drug-likeness (QED) is 0.201. The zero-order chi connectivity index (χ0) is 28.8. The topological polar surface area (TPSA) is 80.0 Å². The Bertz CT molecular complexity index is 2190. The zero-order valence-electron chi connectivity index (χ0n) is 23.9. The van der Waals surface area contributed by atoms with E-state index in [1.165, 1.54) is 0 Å². The summed E-state index contributed by atoms with van der Waals surface area (Å²) in [6.07, 6.45) is 8.10. The van der Waals surface area contributed by atoms with Crippen LogP contribution in [0.25, 0.3) is 79.8 Å². The molecule has 0 unspecified atom stereocenters. The van der Waals surface area contributed by atoms with E-state index < -0.39 is 0 Å². The van der Waals surface area contributed by atoms with Crippen molar-refractivity contribution in [3.05, 3.63) is 138 Å². The molecule has 5 nitrogen and oxygen atoms in total. The third kappa shape index (κ3) is 4.80. The number of aromatic nitrogens is 4. The first-order valence-electron chi connectivity index (χ1n) is 14.2. The van der Waals surface area contributed by atoms with Crippen LogP contribution in [0.15, 0.2) is 115 Å². The van der Waals surface area contributed by atoms with Gasteiger partial charge in [-0.3, -0.25) is 0 Å². The predicted molar refractivity (Wildman–Crippen MR) is 178 cm³/mol. The van der Waals surface area contributed by atoms with Crippen LogP contribution in [-0.2, 0) is 19.5 Å². The van der Waals surface area contributed by atoms with Gasteiger partial charge in [0.15, 0.2) is 0 Å². The zero-order valence-corrected chi connectivity index (χ0v) is 26.8. The van der Waals surface area contributed by atoms with E-state index >= 15 is 0 Å². The number of fused-ring (bicyclic) bond motifs is 8. The Morgan fingerprint density at radius 2 is 0.705 bits per heavy atom. The van der Waals surface area contributed by atoms with Gasteiger partial charge in [0.25, 0.3) is 0 Å². The summed E-state index contributed by atoms with van der Waals surface area (Å²) in [6, 6.07) is 38.9. The van der Waals surface area contributed by atoms with Crippen LogP contribution in [0.1, 0.15) is 22.8 Å². The van der Waals surface area contributed by atoms with E-state index in [1.54, 1.807) is 0 Å². The van der Waals surface area contributed by atoms with Gasteiger partial charge >= 0.3 is 19.5 Å². The van der Waals surface area contributed by atoms with Gasteiger partial charge in [-0.05, 0) is 57.7 Å². The predicted octanol–water partition coefficient (Wildman–Crippen LogP) is 8.49. The van der Waals surface area contributed by atoms with Crippen LogP contribution in [0.3, 0.4) is 0 Å². The van der Waals surface area contributed by atoms with Crippen molar-refractivity contribution in [2.45, 2.75) is 0 Å². The van der Waals surface area contributed by atoms with Gasteiger partial charge in [0.2, 0.25) is 0 Å². The summed E-state index contributed by atoms with van der Waals surface area (Å²) >= 11 is 0. The van der Waals surface area contributed by atoms with E-state index in [0.717, 1.165) is 67.0 Å². The summed E-state index contributed by atoms with van der Waals surface area (Å²) in [7, 11) is 0. The summed E-state index contributed by atoms with van der Waals surface area (Å²) in [6.45, 7) is 0. The van der Waals surface area contributed by atoms with Crippen molar-refractivity contribution in [2.75, 3.05) is 5.73 Å². The molecule has 44 heavy (non-hydrogen) atoms. The summed E-state index contributed by atoms with van der Waals surface area (Å²) in [5.41, 5.74) is 19.5. The number of nitrogens with two attached hydrogens (primary N) is 1. The molecule has 0 spiro atoms. The van der Waals surface area contributed by atoms with Crippen LogP contribution in [0.4, 0.5) is 5.69 Å². The molecule has 0 saturated carbocycles. The summed E-state index contributed by atoms with van der Waals surface area (Å²) in [5, 5.41) is 0. The fourth-order valence-electron chi connectivity index (χ4n) is 5.81. The molecule has 2 N–H and O–H groups in total. The molecule has 3 aromatic heterocycles. The van der Waals surface area contributed by atoms with Gasteiger partial charge in [0, 0.05) is 5.69 Å². The minimum absolute atomic E-state index is 0. The van der Waals surface area contributed by atoms with Crippen molar-refractivity contribution in [3.8, 4) is 33.4 Å². The minimum Gasteiger partial charge on any atom is -0.657 e. The molecule has 0 amide bonds. The second kappa shape index (κ2) is 11.4.